The van der Waals surface area contributed by atoms with E-state index in [1.54, 1.807) is 13.0 Å². The van der Waals surface area contributed by atoms with Gasteiger partial charge in [-0.25, -0.2) is 4.39 Å². The third-order valence-corrected chi connectivity index (χ3v) is 2.26. The van der Waals surface area contributed by atoms with Crippen LogP contribution in [0.1, 0.15) is 12.5 Å². The van der Waals surface area contributed by atoms with Crippen LogP contribution < -0.4 is 11.1 Å². The zero-order valence-corrected chi connectivity index (χ0v) is 9.84. The smallest absolute Gasteiger partial charge is 0.236 e. The van der Waals surface area contributed by atoms with Crippen molar-refractivity contribution in [1.82, 2.24) is 5.32 Å². The molecule has 0 aliphatic carbocycles. The van der Waals surface area contributed by atoms with E-state index in [-0.39, 0.29) is 18.3 Å². The van der Waals surface area contributed by atoms with Gasteiger partial charge in [0.25, 0.3) is 0 Å². The number of carbonyl (C=O) groups excluding carboxylic acids is 1. The van der Waals surface area contributed by atoms with Crippen molar-refractivity contribution in [3.8, 4) is 0 Å². The van der Waals surface area contributed by atoms with E-state index in [9.17, 15) is 9.18 Å². The van der Waals surface area contributed by atoms with Crippen LogP contribution in [0.4, 0.5) is 4.39 Å². The summed E-state index contributed by atoms with van der Waals surface area (Å²) in [6.07, 6.45) is 0. The summed E-state index contributed by atoms with van der Waals surface area (Å²) >= 11 is 3.17. The van der Waals surface area contributed by atoms with Gasteiger partial charge in [0, 0.05) is 11.0 Å². The highest BCUT2D eigenvalue weighted by Gasteiger charge is 2.06. The fraction of sp³-hybridized carbons (Fsp3) is 0.300. The highest BCUT2D eigenvalue weighted by Crippen LogP contribution is 2.14. The van der Waals surface area contributed by atoms with E-state index in [1.165, 1.54) is 12.1 Å². The molecular formula is C10H12BrFN2O. The van der Waals surface area contributed by atoms with Gasteiger partial charge >= 0.3 is 0 Å². The van der Waals surface area contributed by atoms with Gasteiger partial charge in [0.1, 0.15) is 5.82 Å². The molecule has 0 aliphatic heterocycles. The van der Waals surface area contributed by atoms with Crippen molar-refractivity contribution in [2.45, 2.75) is 19.5 Å². The highest BCUT2D eigenvalue weighted by atomic mass is 79.9. The van der Waals surface area contributed by atoms with Crippen LogP contribution in [-0.4, -0.2) is 11.9 Å². The summed E-state index contributed by atoms with van der Waals surface area (Å²) in [5, 5.41) is 2.60. The lowest BCUT2D eigenvalue weighted by Crippen LogP contribution is -2.37. The fourth-order valence-corrected chi connectivity index (χ4v) is 1.58. The number of benzene rings is 1. The molecule has 0 aliphatic rings. The molecule has 0 heterocycles. The second kappa shape index (κ2) is 5.23. The van der Waals surface area contributed by atoms with E-state index >= 15 is 0 Å². The summed E-state index contributed by atoms with van der Waals surface area (Å²) in [5.41, 5.74) is 6.06. The number of amides is 1. The molecule has 0 fully saturated rings. The van der Waals surface area contributed by atoms with Crippen molar-refractivity contribution in [2.75, 3.05) is 0 Å². The average molecular weight is 275 g/mol. The first-order valence-electron chi connectivity index (χ1n) is 4.47. The minimum atomic E-state index is -0.554. The first-order chi connectivity index (χ1) is 6.99. The number of nitrogens with two attached hydrogens (primary N) is 1. The number of rotatable bonds is 3. The number of halogens is 2. The van der Waals surface area contributed by atoms with Crippen molar-refractivity contribution >= 4 is 21.8 Å². The van der Waals surface area contributed by atoms with Gasteiger partial charge in [-0.15, -0.1) is 0 Å². The Morgan fingerprint density at radius 1 is 1.60 bits per heavy atom. The molecule has 0 bridgehead atoms. The van der Waals surface area contributed by atoms with Gasteiger partial charge in [0.2, 0.25) is 5.91 Å². The van der Waals surface area contributed by atoms with Crippen LogP contribution in [0.3, 0.4) is 0 Å². The molecule has 1 rings (SSSR count). The fourth-order valence-electron chi connectivity index (χ4n) is 1.06. The Bertz CT molecular complexity index is 348. The zero-order valence-electron chi connectivity index (χ0n) is 8.26. The zero-order chi connectivity index (χ0) is 11.4. The van der Waals surface area contributed by atoms with Crippen molar-refractivity contribution in [3.05, 3.63) is 34.1 Å². The number of hydrogen-bond donors (Lipinski definition) is 2. The van der Waals surface area contributed by atoms with Gasteiger partial charge in [-0.05, 0) is 30.7 Å². The second-order valence-corrected chi connectivity index (χ2v) is 4.20. The third-order valence-electron chi connectivity index (χ3n) is 1.80. The molecule has 1 aromatic carbocycles. The lowest BCUT2D eigenvalue weighted by molar-refractivity contribution is -0.122. The molecular weight excluding hydrogens is 263 g/mol. The number of hydrogen-bond acceptors (Lipinski definition) is 2. The van der Waals surface area contributed by atoms with Crippen LogP contribution in [-0.2, 0) is 11.3 Å². The minimum Gasteiger partial charge on any atom is -0.351 e. The summed E-state index contributed by atoms with van der Waals surface area (Å²) < 4.78 is 13.6. The van der Waals surface area contributed by atoms with Gasteiger partial charge in [0.15, 0.2) is 0 Å². The van der Waals surface area contributed by atoms with E-state index in [0.717, 1.165) is 0 Å². The van der Waals surface area contributed by atoms with Crippen molar-refractivity contribution in [2.24, 2.45) is 5.73 Å². The standard InChI is InChI=1S/C10H12BrFN2O/c1-6(13)10(15)14-5-7-2-8(11)4-9(12)3-7/h2-4,6H,5,13H2,1H3,(H,14,15)/t6-/m0/s1. The minimum absolute atomic E-state index is 0.254. The lowest BCUT2D eigenvalue weighted by atomic mass is 10.2. The Hall–Kier alpha value is -0.940. The van der Waals surface area contributed by atoms with Crippen LogP contribution in [0, 0.1) is 5.82 Å². The molecule has 1 aromatic rings. The van der Waals surface area contributed by atoms with E-state index in [0.29, 0.717) is 10.0 Å². The summed E-state index contributed by atoms with van der Waals surface area (Å²) in [6.45, 7) is 1.87. The molecule has 0 spiro atoms. The van der Waals surface area contributed by atoms with Gasteiger partial charge in [-0.2, -0.15) is 0 Å². The SMILES string of the molecule is C[C@H](N)C(=O)NCc1cc(F)cc(Br)c1. The highest BCUT2D eigenvalue weighted by molar-refractivity contribution is 9.10. The first kappa shape index (κ1) is 12.1. The maximum atomic E-state index is 12.9. The van der Waals surface area contributed by atoms with Gasteiger partial charge < -0.3 is 11.1 Å². The summed E-state index contributed by atoms with van der Waals surface area (Å²) in [7, 11) is 0. The van der Waals surface area contributed by atoms with E-state index in [1.807, 2.05) is 0 Å². The Labute approximate surface area is 96.0 Å². The van der Waals surface area contributed by atoms with E-state index in [4.69, 9.17) is 5.73 Å². The molecule has 82 valence electrons. The largest absolute Gasteiger partial charge is 0.351 e. The second-order valence-electron chi connectivity index (χ2n) is 3.28. The molecule has 0 saturated heterocycles. The summed E-state index contributed by atoms with van der Waals surface area (Å²) in [5.74, 6) is -0.593. The Kier molecular flexibility index (Phi) is 4.23. The molecule has 3 nitrogen and oxygen atoms in total. The van der Waals surface area contributed by atoms with Crippen LogP contribution in [0.5, 0.6) is 0 Å². The maximum absolute atomic E-state index is 12.9. The molecule has 0 unspecified atom stereocenters. The number of carbonyl (C=O) groups is 1. The molecule has 0 radical (unpaired) electrons. The molecule has 1 amide bonds. The predicted molar refractivity (Wildman–Crippen MR) is 59.6 cm³/mol. The lowest BCUT2D eigenvalue weighted by Gasteiger charge is -2.08. The van der Waals surface area contributed by atoms with E-state index < -0.39 is 6.04 Å². The monoisotopic (exact) mass is 274 g/mol. The molecule has 0 aromatic heterocycles. The van der Waals surface area contributed by atoms with Crippen LogP contribution in [0.15, 0.2) is 22.7 Å². The summed E-state index contributed by atoms with van der Waals surface area (Å²) in [6, 6.07) is 3.91. The molecule has 0 saturated carbocycles. The molecule has 15 heavy (non-hydrogen) atoms. The number of nitrogens with one attached hydrogen (secondary N) is 1. The van der Waals surface area contributed by atoms with Gasteiger partial charge in [-0.3, -0.25) is 4.79 Å². The van der Waals surface area contributed by atoms with Crippen molar-refractivity contribution in [3.63, 3.8) is 0 Å². The van der Waals surface area contributed by atoms with E-state index in [2.05, 4.69) is 21.2 Å². The van der Waals surface area contributed by atoms with Crippen LogP contribution in [0.25, 0.3) is 0 Å². The van der Waals surface area contributed by atoms with Crippen LogP contribution >= 0.6 is 15.9 Å². The average Bonchev–Trinajstić information content (AvgIpc) is 2.12. The Morgan fingerprint density at radius 2 is 2.27 bits per heavy atom. The topological polar surface area (TPSA) is 55.1 Å². The maximum Gasteiger partial charge on any atom is 0.236 e. The summed E-state index contributed by atoms with van der Waals surface area (Å²) in [4.78, 5) is 11.1. The Balaban J connectivity index is 2.61. The predicted octanol–water partition coefficient (Wildman–Crippen LogP) is 1.55. The van der Waals surface area contributed by atoms with Gasteiger partial charge in [-0.1, -0.05) is 15.9 Å². The van der Waals surface area contributed by atoms with Gasteiger partial charge in [0.05, 0.1) is 6.04 Å². The molecule has 5 heteroatoms. The van der Waals surface area contributed by atoms with Crippen molar-refractivity contribution in [1.29, 1.82) is 0 Å². The first-order valence-corrected chi connectivity index (χ1v) is 5.26. The molecule has 1 atom stereocenters. The Morgan fingerprint density at radius 3 is 2.80 bits per heavy atom. The molecule has 3 N–H and O–H groups in total. The quantitative estimate of drug-likeness (QED) is 0.879. The normalized spacial score (nSPS) is 12.3. The third kappa shape index (κ3) is 3.97. The van der Waals surface area contributed by atoms with Crippen LogP contribution in [0.2, 0.25) is 0 Å². The van der Waals surface area contributed by atoms with Crippen molar-refractivity contribution < 1.29 is 9.18 Å².